The molecule has 3 aliphatic rings. The lowest BCUT2D eigenvalue weighted by Crippen LogP contribution is -2.54. The van der Waals surface area contributed by atoms with Crippen molar-refractivity contribution in [3.63, 3.8) is 0 Å². The van der Waals surface area contributed by atoms with Gasteiger partial charge in [-0.1, -0.05) is 6.08 Å². The summed E-state index contributed by atoms with van der Waals surface area (Å²) in [5, 5.41) is 24.0. The van der Waals surface area contributed by atoms with Crippen molar-refractivity contribution >= 4 is 22.7 Å². The molecule has 0 spiro atoms. The van der Waals surface area contributed by atoms with Crippen LogP contribution in [0.3, 0.4) is 0 Å². The Balaban J connectivity index is 1.75. The lowest BCUT2D eigenvalue weighted by atomic mass is 9.73. The zero-order valence-corrected chi connectivity index (χ0v) is 16.2. The van der Waals surface area contributed by atoms with Crippen molar-refractivity contribution in [2.75, 3.05) is 20.2 Å². The maximum Gasteiger partial charge on any atom is 0.140 e. The fourth-order valence-corrected chi connectivity index (χ4v) is 5.01. The number of pyridine rings is 1. The van der Waals surface area contributed by atoms with Crippen LogP contribution in [0.15, 0.2) is 41.9 Å². The Labute approximate surface area is 163 Å². The molecule has 4 heterocycles. The lowest BCUT2D eigenvalue weighted by Gasteiger charge is -2.50. The zero-order chi connectivity index (χ0) is 19.0. The normalized spacial score (nSPS) is 27.9. The summed E-state index contributed by atoms with van der Waals surface area (Å²) in [4.78, 5) is 6.94. The number of nitrogens with zero attached hydrogens (tertiary/aromatic N) is 3. The molecule has 0 saturated carbocycles. The average Bonchev–Trinajstić information content (AvgIpc) is 2.72. The number of benzene rings is 1. The van der Waals surface area contributed by atoms with E-state index in [2.05, 4.69) is 27.9 Å². The minimum Gasteiger partial charge on any atom is -0.497 e. The molecule has 5 nitrogen and oxygen atoms in total. The van der Waals surface area contributed by atoms with Gasteiger partial charge in [-0.2, -0.15) is 5.26 Å². The third-order valence-electron chi connectivity index (χ3n) is 6.01. The van der Waals surface area contributed by atoms with Crippen LogP contribution < -0.4 is 4.74 Å². The molecule has 0 aliphatic carbocycles. The summed E-state index contributed by atoms with van der Waals surface area (Å²) in [7, 11) is 1.63. The van der Waals surface area contributed by atoms with E-state index in [9.17, 15) is 5.11 Å². The predicted molar refractivity (Wildman–Crippen MR) is 106 cm³/mol. The molecular formula is C21H23N3O2S. The van der Waals surface area contributed by atoms with Crippen LogP contribution in [0, 0.1) is 22.5 Å². The highest BCUT2D eigenvalue weighted by Gasteiger charge is 2.42. The molecule has 2 unspecified atom stereocenters. The molecule has 0 radical (unpaired) electrons. The van der Waals surface area contributed by atoms with Crippen LogP contribution in [0.5, 0.6) is 5.75 Å². The van der Waals surface area contributed by atoms with E-state index in [0.717, 1.165) is 53.5 Å². The summed E-state index contributed by atoms with van der Waals surface area (Å²) in [5.41, 5.74) is 1.59. The first-order valence-electron chi connectivity index (χ1n) is 9.24. The molecule has 1 aromatic carbocycles. The summed E-state index contributed by atoms with van der Waals surface area (Å²) in [6.07, 6.45) is 3.56. The van der Waals surface area contributed by atoms with E-state index in [1.165, 1.54) is 6.42 Å². The predicted octanol–water partition coefficient (Wildman–Crippen LogP) is 3.75. The van der Waals surface area contributed by atoms with Gasteiger partial charge in [0.2, 0.25) is 0 Å². The maximum atomic E-state index is 11.4. The first-order chi connectivity index (χ1) is 13.1. The number of thiocyanates is 1. The number of hydrogen-bond acceptors (Lipinski definition) is 6. The summed E-state index contributed by atoms with van der Waals surface area (Å²) < 4.78 is 5.37. The van der Waals surface area contributed by atoms with Crippen molar-refractivity contribution in [2.45, 2.75) is 30.0 Å². The number of aliphatic hydroxyl groups is 1. The van der Waals surface area contributed by atoms with E-state index in [1.807, 2.05) is 24.3 Å². The standard InChI is InChI=1S/C21H23N3O2S/c1-3-13-11-24-7-6-14(13)8-19(24)21(25)17-10-20(27-12-22)23-18-5-4-15(26-2)9-16(17)18/h3-5,9-10,13-14,19,21,25H,1,6-8,11H2,2H3/t13-,14?,19-,21+/m0/s1. The maximum absolute atomic E-state index is 11.4. The Kier molecular flexibility index (Phi) is 5.09. The number of rotatable bonds is 5. The second-order valence-corrected chi connectivity index (χ2v) is 8.12. The van der Waals surface area contributed by atoms with E-state index in [1.54, 1.807) is 7.11 Å². The van der Waals surface area contributed by atoms with Gasteiger partial charge < -0.3 is 9.84 Å². The van der Waals surface area contributed by atoms with Gasteiger partial charge in [0.05, 0.1) is 18.7 Å². The summed E-state index contributed by atoms with van der Waals surface area (Å²) in [5.74, 6) is 1.83. The summed E-state index contributed by atoms with van der Waals surface area (Å²) >= 11 is 1.02. The summed E-state index contributed by atoms with van der Waals surface area (Å²) in [6, 6.07) is 7.59. The number of methoxy groups -OCH3 is 1. The molecular weight excluding hydrogens is 358 g/mol. The smallest absolute Gasteiger partial charge is 0.140 e. The van der Waals surface area contributed by atoms with Gasteiger partial charge in [0, 0.05) is 29.7 Å². The Hall–Kier alpha value is -2.07. The Morgan fingerprint density at radius 1 is 1.48 bits per heavy atom. The quantitative estimate of drug-likeness (QED) is 0.483. The largest absolute Gasteiger partial charge is 0.497 e. The number of ether oxygens (including phenoxy) is 1. The third kappa shape index (κ3) is 3.31. The molecule has 5 atom stereocenters. The van der Waals surface area contributed by atoms with Crippen LogP contribution in [0.4, 0.5) is 0 Å². The molecule has 3 aliphatic heterocycles. The molecule has 27 heavy (non-hydrogen) atoms. The summed E-state index contributed by atoms with van der Waals surface area (Å²) in [6.45, 7) is 5.96. The topological polar surface area (TPSA) is 69.4 Å². The van der Waals surface area contributed by atoms with Gasteiger partial charge in [-0.3, -0.25) is 4.90 Å². The number of nitriles is 1. The molecule has 3 fully saturated rings. The van der Waals surface area contributed by atoms with Crippen LogP contribution in [0.25, 0.3) is 10.9 Å². The van der Waals surface area contributed by atoms with E-state index < -0.39 is 6.10 Å². The number of aromatic nitrogens is 1. The van der Waals surface area contributed by atoms with Gasteiger partial charge >= 0.3 is 0 Å². The molecule has 5 rings (SSSR count). The van der Waals surface area contributed by atoms with Crippen LogP contribution in [-0.4, -0.2) is 41.2 Å². The first kappa shape index (κ1) is 18.3. The molecule has 3 saturated heterocycles. The second-order valence-electron chi connectivity index (χ2n) is 7.32. The number of hydrogen-bond donors (Lipinski definition) is 1. The van der Waals surface area contributed by atoms with E-state index >= 15 is 0 Å². The van der Waals surface area contributed by atoms with Gasteiger partial charge in [-0.05, 0) is 61.1 Å². The lowest BCUT2D eigenvalue weighted by molar-refractivity contribution is -0.0445. The number of fused-ring (bicyclic) bond motifs is 4. The van der Waals surface area contributed by atoms with Crippen LogP contribution >= 0.6 is 11.8 Å². The van der Waals surface area contributed by atoms with Crippen LogP contribution in [0.1, 0.15) is 24.5 Å². The van der Waals surface area contributed by atoms with Gasteiger partial charge in [-0.15, -0.1) is 6.58 Å². The zero-order valence-electron chi connectivity index (χ0n) is 15.3. The first-order valence-corrected chi connectivity index (χ1v) is 10.1. The monoisotopic (exact) mass is 381 g/mol. The molecule has 1 aromatic heterocycles. The van der Waals surface area contributed by atoms with Crippen LogP contribution in [0.2, 0.25) is 0 Å². The number of aliphatic hydroxyl groups excluding tert-OH is 1. The van der Waals surface area contributed by atoms with Crippen molar-refractivity contribution < 1.29 is 9.84 Å². The van der Waals surface area contributed by atoms with Crippen molar-refractivity contribution in [3.05, 3.63) is 42.5 Å². The molecule has 1 N–H and O–H groups in total. The highest BCUT2D eigenvalue weighted by molar-refractivity contribution is 8.03. The minimum absolute atomic E-state index is 0.0803. The van der Waals surface area contributed by atoms with E-state index in [4.69, 9.17) is 10.00 Å². The van der Waals surface area contributed by atoms with Crippen molar-refractivity contribution in [1.82, 2.24) is 9.88 Å². The highest BCUT2D eigenvalue weighted by Crippen LogP contribution is 2.42. The minimum atomic E-state index is -0.630. The van der Waals surface area contributed by atoms with Gasteiger partial charge in [0.15, 0.2) is 0 Å². The third-order valence-corrected chi connectivity index (χ3v) is 6.52. The second kappa shape index (κ2) is 7.51. The molecule has 2 bridgehead atoms. The molecule has 140 valence electrons. The Morgan fingerprint density at radius 2 is 2.33 bits per heavy atom. The fraction of sp³-hybridized carbons (Fsp3) is 0.429. The number of piperidine rings is 3. The van der Waals surface area contributed by atoms with Crippen molar-refractivity contribution in [1.29, 1.82) is 5.26 Å². The fourth-order valence-electron chi connectivity index (χ4n) is 4.59. The Bertz CT molecular complexity index is 910. The SMILES string of the molecule is C=C[C@H]1CN2CCC1C[C@H]2[C@H](O)c1cc(SC#N)nc2ccc(OC)cc12. The molecule has 2 aromatic rings. The van der Waals surface area contributed by atoms with Crippen LogP contribution in [-0.2, 0) is 0 Å². The van der Waals surface area contributed by atoms with Gasteiger partial charge in [0.25, 0.3) is 0 Å². The van der Waals surface area contributed by atoms with Crippen molar-refractivity contribution in [3.8, 4) is 11.2 Å². The molecule has 0 amide bonds. The average molecular weight is 382 g/mol. The van der Waals surface area contributed by atoms with Gasteiger partial charge in [-0.25, -0.2) is 4.98 Å². The van der Waals surface area contributed by atoms with Crippen molar-refractivity contribution in [2.24, 2.45) is 11.8 Å². The Morgan fingerprint density at radius 3 is 3.00 bits per heavy atom. The molecule has 6 heteroatoms. The highest BCUT2D eigenvalue weighted by atomic mass is 32.2. The van der Waals surface area contributed by atoms with Gasteiger partial charge in [0.1, 0.15) is 16.2 Å². The van der Waals surface area contributed by atoms with E-state index in [-0.39, 0.29) is 6.04 Å². The van der Waals surface area contributed by atoms with E-state index in [0.29, 0.717) is 16.9 Å². The number of thioether (sulfide) groups is 1.